The molecule has 5 rings (SSSR count). The van der Waals surface area contributed by atoms with Crippen molar-refractivity contribution in [3.05, 3.63) is 100 Å². The Balaban J connectivity index is 1.35. The number of benzene rings is 3. The number of hydrogen-bond donors (Lipinski definition) is 2. The minimum atomic E-state index is -0.110. The lowest BCUT2D eigenvalue weighted by atomic mass is 9.99. The lowest BCUT2D eigenvalue weighted by Gasteiger charge is -2.07. The summed E-state index contributed by atoms with van der Waals surface area (Å²) in [5.74, 6) is -0.110. The number of H-pyrrole nitrogens is 1. The third-order valence-corrected chi connectivity index (χ3v) is 6.02. The van der Waals surface area contributed by atoms with Crippen LogP contribution in [0.2, 0.25) is 5.02 Å². The Morgan fingerprint density at radius 2 is 1.84 bits per heavy atom. The molecule has 2 N–H and O–H groups in total. The molecule has 0 saturated carbocycles. The highest BCUT2D eigenvalue weighted by atomic mass is 35.5. The Labute approximate surface area is 186 Å². The average Bonchev–Trinajstić information content (AvgIpc) is 3.13. The normalized spacial score (nSPS) is 12.5. The van der Waals surface area contributed by atoms with Crippen molar-refractivity contribution in [2.45, 2.75) is 25.8 Å². The fourth-order valence-corrected chi connectivity index (χ4v) is 4.43. The SMILES string of the molecule is O=C(NCc1cccc(Cl)c1)c1ccc(-c2n[nH]c3c2CCCc2ccccc2-3)cc1. The van der Waals surface area contributed by atoms with E-state index in [4.69, 9.17) is 11.6 Å². The van der Waals surface area contributed by atoms with Gasteiger partial charge in [0, 0.05) is 33.8 Å². The quantitative estimate of drug-likeness (QED) is 0.431. The predicted octanol–water partition coefficient (Wildman–Crippen LogP) is 5.82. The molecule has 1 aromatic heterocycles. The molecular formula is C26H22ClN3O. The Kier molecular flexibility index (Phi) is 5.31. The van der Waals surface area contributed by atoms with Gasteiger partial charge >= 0.3 is 0 Å². The highest BCUT2D eigenvalue weighted by molar-refractivity contribution is 6.30. The predicted molar refractivity (Wildman–Crippen MR) is 124 cm³/mol. The molecular weight excluding hydrogens is 406 g/mol. The minimum Gasteiger partial charge on any atom is -0.348 e. The number of nitrogens with zero attached hydrogens (tertiary/aromatic N) is 1. The number of hydrogen-bond acceptors (Lipinski definition) is 2. The highest BCUT2D eigenvalue weighted by Gasteiger charge is 2.21. The molecule has 154 valence electrons. The molecule has 0 bridgehead atoms. The van der Waals surface area contributed by atoms with Crippen LogP contribution in [-0.2, 0) is 19.4 Å². The van der Waals surface area contributed by atoms with Gasteiger partial charge in [-0.3, -0.25) is 9.89 Å². The van der Waals surface area contributed by atoms with Crippen LogP contribution in [0.1, 0.15) is 33.5 Å². The number of carbonyl (C=O) groups is 1. The van der Waals surface area contributed by atoms with E-state index in [-0.39, 0.29) is 5.91 Å². The van der Waals surface area contributed by atoms with Gasteiger partial charge in [0.15, 0.2) is 0 Å². The van der Waals surface area contributed by atoms with Crippen molar-refractivity contribution in [3.63, 3.8) is 0 Å². The summed E-state index contributed by atoms with van der Waals surface area (Å²) in [5, 5.41) is 11.5. The Hall–Kier alpha value is -3.37. The topological polar surface area (TPSA) is 57.8 Å². The molecule has 1 aliphatic carbocycles. The molecule has 1 heterocycles. The monoisotopic (exact) mass is 427 g/mol. The zero-order valence-electron chi connectivity index (χ0n) is 17.0. The second-order valence-corrected chi connectivity index (χ2v) is 8.26. The molecule has 31 heavy (non-hydrogen) atoms. The van der Waals surface area contributed by atoms with E-state index in [0.717, 1.165) is 41.8 Å². The summed E-state index contributed by atoms with van der Waals surface area (Å²) in [7, 11) is 0. The van der Waals surface area contributed by atoms with Crippen LogP contribution < -0.4 is 5.32 Å². The molecule has 0 atom stereocenters. The van der Waals surface area contributed by atoms with Crippen molar-refractivity contribution in [3.8, 4) is 22.5 Å². The number of fused-ring (bicyclic) bond motifs is 3. The smallest absolute Gasteiger partial charge is 0.251 e. The number of amides is 1. The lowest BCUT2D eigenvalue weighted by Crippen LogP contribution is -2.22. The van der Waals surface area contributed by atoms with Crippen molar-refractivity contribution in [1.29, 1.82) is 0 Å². The first-order chi connectivity index (χ1) is 15.2. The van der Waals surface area contributed by atoms with Gasteiger partial charge in [0.05, 0.1) is 11.4 Å². The summed E-state index contributed by atoms with van der Waals surface area (Å²) in [6.45, 7) is 0.438. The average molecular weight is 428 g/mol. The molecule has 0 saturated heterocycles. The first-order valence-electron chi connectivity index (χ1n) is 10.5. The molecule has 1 amide bonds. The zero-order chi connectivity index (χ0) is 21.2. The molecule has 5 heteroatoms. The third-order valence-electron chi connectivity index (χ3n) is 5.79. The van der Waals surface area contributed by atoms with Crippen LogP contribution in [-0.4, -0.2) is 16.1 Å². The van der Waals surface area contributed by atoms with Gasteiger partial charge in [-0.25, -0.2) is 0 Å². The van der Waals surface area contributed by atoms with Gasteiger partial charge in [0.2, 0.25) is 0 Å². The molecule has 0 aliphatic heterocycles. The Morgan fingerprint density at radius 1 is 1.00 bits per heavy atom. The second-order valence-electron chi connectivity index (χ2n) is 7.83. The van der Waals surface area contributed by atoms with E-state index >= 15 is 0 Å². The second kappa shape index (κ2) is 8.40. The van der Waals surface area contributed by atoms with Crippen LogP contribution in [0.5, 0.6) is 0 Å². The number of aromatic nitrogens is 2. The largest absolute Gasteiger partial charge is 0.348 e. The summed E-state index contributed by atoms with van der Waals surface area (Å²) in [6.07, 6.45) is 3.15. The number of halogens is 1. The van der Waals surface area contributed by atoms with E-state index < -0.39 is 0 Å². The van der Waals surface area contributed by atoms with Crippen LogP contribution in [0.3, 0.4) is 0 Å². The van der Waals surface area contributed by atoms with Crippen LogP contribution in [0, 0.1) is 0 Å². The molecule has 0 radical (unpaired) electrons. The molecule has 0 fully saturated rings. The van der Waals surface area contributed by atoms with Gasteiger partial charge < -0.3 is 5.32 Å². The highest BCUT2D eigenvalue weighted by Crippen LogP contribution is 2.36. The Bertz CT molecular complexity index is 1240. The fourth-order valence-electron chi connectivity index (χ4n) is 4.22. The van der Waals surface area contributed by atoms with E-state index in [9.17, 15) is 4.79 Å². The minimum absolute atomic E-state index is 0.110. The van der Waals surface area contributed by atoms with Crippen LogP contribution in [0.4, 0.5) is 0 Å². The van der Waals surface area contributed by atoms with E-state index in [2.05, 4.69) is 39.8 Å². The first kappa shape index (κ1) is 19.6. The van der Waals surface area contributed by atoms with Gasteiger partial charge in [-0.15, -0.1) is 0 Å². The standard InChI is InChI=1S/C26H22ClN3O/c27-21-8-3-5-17(15-21)16-28-26(31)20-13-11-19(12-14-20)24-23-10-4-7-18-6-1-2-9-22(18)25(23)30-29-24/h1-3,5-6,8-9,11-15H,4,7,10,16H2,(H,28,31)(H,29,30). The van der Waals surface area contributed by atoms with Crippen molar-refractivity contribution in [2.75, 3.05) is 0 Å². The number of rotatable bonds is 4. The van der Waals surface area contributed by atoms with Crippen molar-refractivity contribution in [2.24, 2.45) is 0 Å². The Morgan fingerprint density at radius 3 is 2.68 bits per heavy atom. The molecule has 4 aromatic rings. The fraction of sp³-hybridized carbons (Fsp3) is 0.154. The van der Waals surface area contributed by atoms with Gasteiger partial charge in [0.1, 0.15) is 0 Å². The third kappa shape index (κ3) is 3.99. The maximum Gasteiger partial charge on any atom is 0.251 e. The number of carbonyl (C=O) groups excluding carboxylic acids is 1. The van der Waals surface area contributed by atoms with Crippen LogP contribution in [0.25, 0.3) is 22.5 Å². The summed E-state index contributed by atoms with van der Waals surface area (Å²) in [6, 6.07) is 23.7. The summed E-state index contributed by atoms with van der Waals surface area (Å²) in [4.78, 5) is 12.6. The molecule has 0 spiro atoms. The summed E-state index contributed by atoms with van der Waals surface area (Å²) >= 11 is 6.01. The van der Waals surface area contributed by atoms with Crippen molar-refractivity contribution in [1.82, 2.24) is 15.5 Å². The summed E-state index contributed by atoms with van der Waals surface area (Å²) in [5.41, 5.74) is 8.55. The lowest BCUT2D eigenvalue weighted by molar-refractivity contribution is 0.0951. The molecule has 4 nitrogen and oxygen atoms in total. The van der Waals surface area contributed by atoms with Crippen LogP contribution >= 0.6 is 11.6 Å². The van der Waals surface area contributed by atoms with Gasteiger partial charge in [0.25, 0.3) is 5.91 Å². The first-order valence-corrected chi connectivity index (χ1v) is 10.9. The maximum atomic E-state index is 12.6. The van der Waals surface area contributed by atoms with Gasteiger partial charge in [-0.1, -0.05) is 60.1 Å². The number of aryl methyl sites for hydroxylation is 1. The molecule has 0 unspecified atom stereocenters. The van der Waals surface area contributed by atoms with Gasteiger partial charge in [-0.05, 0) is 54.7 Å². The summed E-state index contributed by atoms with van der Waals surface area (Å²) < 4.78 is 0. The van der Waals surface area contributed by atoms with E-state index in [0.29, 0.717) is 17.1 Å². The molecule has 3 aromatic carbocycles. The number of aromatic amines is 1. The van der Waals surface area contributed by atoms with E-state index in [1.165, 1.54) is 16.7 Å². The van der Waals surface area contributed by atoms with Crippen molar-refractivity contribution >= 4 is 17.5 Å². The van der Waals surface area contributed by atoms with E-state index in [1.54, 1.807) is 0 Å². The maximum absolute atomic E-state index is 12.6. The van der Waals surface area contributed by atoms with Crippen molar-refractivity contribution < 1.29 is 4.79 Å². The zero-order valence-corrected chi connectivity index (χ0v) is 17.7. The van der Waals surface area contributed by atoms with Gasteiger partial charge in [-0.2, -0.15) is 5.10 Å². The van der Waals surface area contributed by atoms with Crippen LogP contribution in [0.15, 0.2) is 72.8 Å². The molecule has 1 aliphatic rings. The van der Waals surface area contributed by atoms with E-state index in [1.807, 2.05) is 48.5 Å². The number of nitrogens with one attached hydrogen (secondary N) is 2.